The minimum Gasteiger partial charge on any atom is -0.436 e. The molecule has 4 heteroatoms. The van der Waals surface area contributed by atoms with Gasteiger partial charge in [-0.25, -0.2) is 9.97 Å². The first kappa shape index (κ1) is 32.2. The first-order chi connectivity index (χ1) is 27.2. The molecule has 0 N–H and O–H groups in total. The molecule has 0 aliphatic carbocycles. The Balaban J connectivity index is 1.05. The molecule has 55 heavy (non-hydrogen) atoms. The Hall–Kier alpha value is -7.43. The highest BCUT2D eigenvalue weighted by atomic mass is 16.3. The van der Waals surface area contributed by atoms with Crippen molar-refractivity contribution < 1.29 is 4.42 Å². The minimum atomic E-state index is 0.566. The van der Waals surface area contributed by atoms with Gasteiger partial charge in [0, 0.05) is 23.5 Å². The van der Waals surface area contributed by atoms with Gasteiger partial charge in [0.25, 0.3) is 0 Å². The summed E-state index contributed by atoms with van der Waals surface area (Å²) < 4.78 is 6.08. The molecule has 3 heterocycles. The number of aromatic nitrogens is 3. The molecular weight excluding hydrogens is 671 g/mol. The van der Waals surface area contributed by atoms with Crippen molar-refractivity contribution in [1.82, 2.24) is 15.0 Å². The van der Waals surface area contributed by atoms with Crippen molar-refractivity contribution in [2.45, 2.75) is 0 Å². The van der Waals surface area contributed by atoms with Crippen LogP contribution in [0.1, 0.15) is 0 Å². The number of oxazole rings is 1. The average Bonchev–Trinajstić information content (AvgIpc) is 3.71. The third-order valence-corrected chi connectivity index (χ3v) is 10.2. The van der Waals surface area contributed by atoms with Crippen molar-refractivity contribution in [1.29, 1.82) is 0 Å². The summed E-state index contributed by atoms with van der Waals surface area (Å²) >= 11 is 0. The van der Waals surface area contributed by atoms with Crippen molar-refractivity contribution >= 4 is 21.9 Å². The van der Waals surface area contributed by atoms with E-state index in [1.165, 1.54) is 27.5 Å². The number of pyridine rings is 2. The predicted molar refractivity (Wildman–Crippen MR) is 225 cm³/mol. The Morgan fingerprint density at radius 3 is 1.80 bits per heavy atom. The van der Waals surface area contributed by atoms with Crippen LogP contribution in [0.15, 0.2) is 205 Å². The number of rotatable bonds is 7. The van der Waals surface area contributed by atoms with Gasteiger partial charge in [0.05, 0.1) is 17.0 Å². The van der Waals surface area contributed by atoms with Crippen LogP contribution in [-0.4, -0.2) is 15.0 Å². The topological polar surface area (TPSA) is 51.8 Å². The molecule has 0 radical (unpaired) electrons. The molecule has 0 atom stereocenters. The summed E-state index contributed by atoms with van der Waals surface area (Å²) in [7, 11) is 0. The monoisotopic (exact) mass is 703 g/mol. The lowest BCUT2D eigenvalue weighted by Gasteiger charge is -2.16. The van der Waals surface area contributed by atoms with Gasteiger partial charge >= 0.3 is 0 Å². The van der Waals surface area contributed by atoms with Gasteiger partial charge in [-0.3, -0.25) is 4.98 Å². The molecule has 0 fully saturated rings. The summed E-state index contributed by atoms with van der Waals surface area (Å²) in [6.07, 6.45) is 3.52. The molecule has 0 unspecified atom stereocenters. The van der Waals surface area contributed by atoms with Crippen molar-refractivity contribution in [3.63, 3.8) is 0 Å². The van der Waals surface area contributed by atoms with Gasteiger partial charge in [-0.05, 0) is 97.7 Å². The third kappa shape index (κ3) is 6.26. The molecular formula is C51H33N3O. The summed E-state index contributed by atoms with van der Waals surface area (Å²) in [6, 6.07) is 66.1. The van der Waals surface area contributed by atoms with Crippen LogP contribution in [-0.2, 0) is 0 Å². The van der Waals surface area contributed by atoms with Gasteiger partial charge in [-0.15, -0.1) is 0 Å². The second kappa shape index (κ2) is 13.8. The Bertz CT molecular complexity index is 2900. The SMILES string of the molecule is c1ccc(-c2cc(-c3ccccc3)nc(-c3ccc(-c4ccc5ccccc5c4-c4cccc(-c5ccc6oc(-c7cccnc7)nc6c5)c4)cc3)c2)cc1. The Morgan fingerprint density at radius 1 is 0.382 bits per heavy atom. The molecule has 0 amide bonds. The first-order valence-electron chi connectivity index (χ1n) is 18.4. The highest BCUT2D eigenvalue weighted by Gasteiger charge is 2.16. The predicted octanol–water partition coefficient (Wildman–Crippen LogP) is 13.4. The number of hydrogen-bond donors (Lipinski definition) is 0. The van der Waals surface area contributed by atoms with Crippen LogP contribution >= 0.6 is 0 Å². The lowest BCUT2D eigenvalue weighted by molar-refractivity contribution is 0.619. The van der Waals surface area contributed by atoms with Gasteiger partial charge in [-0.1, -0.05) is 146 Å². The fourth-order valence-corrected chi connectivity index (χ4v) is 7.45. The Morgan fingerprint density at radius 2 is 1.02 bits per heavy atom. The van der Waals surface area contributed by atoms with E-state index in [-0.39, 0.29) is 0 Å². The smallest absolute Gasteiger partial charge is 0.228 e. The van der Waals surface area contributed by atoms with Crippen LogP contribution in [0.3, 0.4) is 0 Å². The largest absolute Gasteiger partial charge is 0.436 e. The van der Waals surface area contributed by atoms with Crippen LogP contribution in [0.4, 0.5) is 0 Å². The van der Waals surface area contributed by atoms with E-state index in [0.717, 1.165) is 67.0 Å². The molecule has 0 saturated heterocycles. The fourth-order valence-electron chi connectivity index (χ4n) is 7.45. The minimum absolute atomic E-state index is 0.566. The second-order valence-corrected chi connectivity index (χ2v) is 13.7. The molecule has 7 aromatic carbocycles. The summed E-state index contributed by atoms with van der Waals surface area (Å²) in [5.41, 5.74) is 15.6. The molecule has 4 nitrogen and oxygen atoms in total. The van der Waals surface area contributed by atoms with Crippen LogP contribution in [0, 0.1) is 0 Å². The lowest BCUT2D eigenvalue weighted by Crippen LogP contribution is -1.92. The highest BCUT2D eigenvalue weighted by molar-refractivity contribution is 6.04. The van der Waals surface area contributed by atoms with E-state index in [0.29, 0.717) is 5.89 Å². The van der Waals surface area contributed by atoms with Gasteiger partial charge in [-0.2, -0.15) is 0 Å². The maximum atomic E-state index is 6.08. The van der Waals surface area contributed by atoms with Crippen LogP contribution < -0.4 is 0 Å². The molecule has 258 valence electrons. The average molecular weight is 704 g/mol. The summed E-state index contributed by atoms with van der Waals surface area (Å²) in [5.74, 6) is 0.566. The molecule has 0 bridgehead atoms. The quantitative estimate of drug-likeness (QED) is 0.166. The van der Waals surface area contributed by atoms with Crippen LogP contribution in [0.5, 0.6) is 0 Å². The maximum absolute atomic E-state index is 6.08. The standard InChI is InChI=1S/C51H33N3O/c1-3-11-34(12-4-1)43-31-46(37-14-5-2-6-15-37)53-47(32-43)38-22-20-36(21-23-38)45-26-24-35-13-7-8-19-44(35)50(45)41-17-9-16-39(29-41)40-25-27-49-48(30-40)54-51(55-49)42-18-10-28-52-33-42/h1-33H. The summed E-state index contributed by atoms with van der Waals surface area (Å²) in [4.78, 5) is 14.2. The van der Waals surface area contributed by atoms with Crippen molar-refractivity contribution in [2.75, 3.05) is 0 Å². The zero-order valence-corrected chi connectivity index (χ0v) is 29.8. The number of benzene rings is 7. The third-order valence-electron chi connectivity index (χ3n) is 10.2. The van der Waals surface area contributed by atoms with Gasteiger partial charge in [0.2, 0.25) is 5.89 Å². The zero-order chi connectivity index (χ0) is 36.6. The number of nitrogens with zero attached hydrogens (tertiary/aromatic N) is 3. The fraction of sp³-hybridized carbons (Fsp3) is 0. The Labute approximate surface area is 319 Å². The first-order valence-corrected chi connectivity index (χ1v) is 18.4. The van der Waals surface area contributed by atoms with E-state index >= 15 is 0 Å². The molecule has 3 aromatic heterocycles. The van der Waals surface area contributed by atoms with E-state index in [1.807, 2.05) is 24.3 Å². The van der Waals surface area contributed by atoms with Gasteiger partial charge in [0.1, 0.15) is 5.52 Å². The molecule has 10 aromatic rings. The normalized spacial score (nSPS) is 11.3. The van der Waals surface area contributed by atoms with Gasteiger partial charge < -0.3 is 4.42 Å². The maximum Gasteiger partial charge on any atom is 0.228 e. The van der Waals surface area contributed by atoms with E-state index in [1.54, 1.807) is 12.4 Å². The summed E-state index contributed by atoms with van der Waals surface area (Å²) in [5, 5.41) is 2.41. The molecule has 0 aliphatic rings. The highest BCUT2D eigenvalue weighted by Crippen LogP contribution is 2.41. The van der Waals surface area contributed by atoms with E-state index in [2.05, 4.69) is 169 Å². The molecule has 0 saturated carbocycles. The van der Waals surface area contributed by atoms with Crippen molar-refractivity contribution in [3.8, 4) is 78.5 Å². The number of hydrogen-bond acceptors (Lipinski definition) is 4. The Kier molecular flexibility index (Phi) is 8.12. The molecule has 0 aliphatic heterocycles. The van der Waals surface area contributed by atoms with Gasteiger partial charge in [0.15, 0.2) is 5.58 Å². The second-order valence-electron chi connectivity index (χ2n) is 13.7. The molecule has 10 rings (SSSR count). The summed E-state index contributed by atoms with van der Waals surface area (Å²) in [6.45, 7) is 0. The van der Waals surface area contributed by atoms with E-state index in [9.17, 15) is 0 Å². The van der Waals surface area contributed by atoms with Crippen molar-refractivity contribution in [2.24, 2.45) is 0 Å². The molecule has 0 spiro atoms. The van der Waals surface area contributed by atoms with Crippen LogP contribution in [0.25, 0.3) is 100 Å². The lowest BCUT2D eigenvalue weighted by atomic mass is 9.88. The van der Waals surface area contributed by atoms with E-state index < -0.39 is 0 Å². The van der Waals surface area contributed by atoms with Crippen LogP contribution in [0.2, 0.25) is 0 Å². The zero-order valence-electron chi connectivity index (χ0n) is 29.8. The number of fused-ring (bicyclic) bond motifs is 2. The van der Waals surface area contributed by atoms with Crippen molar-refractivity contribution in [3.05, 3.63) is 200 Å². The van der Waals surface area contributed by atoms with E-state index in [4.69, 9.17) is 14.4 Å².